The summed E-state index contributed by atoms with van der Waals surface area (Å²) in [5.41, 5.74) is 0.721. The van der Waals surface area contributed by atoms with Crippen LogP contribution in [0.2, 0.25) is 0 Å². The van der Waals surface area contributed by atoms with Crippen molar-refractivity contribution < 1.29 is 9.90 Å². The number of β-amino-alcohol motifs (C(OH)–C–C–N with tert-alkyl or cyclic N) is 1. The highest BCUT2D eigenvalue weighted by Crippen LogP contribution is 2.13. The Bertz CT molecular complexity index is 442. The molecule has 1 aromatic heterocycles. The number of nitrogens with zero attached hydrogens (tertiary/aromatic N) is 1. The second-order valence-corrected chi connectivity index (χ2v) is 5.12. The van der Waals surface area contributed by atoms with E-state index in [1.54, 1.807) is 12.3 Å². The van der Waals surface area contributed by atoms with Gasteiger partial charge in [0.2, 0.25) is 0 Å². The van der Waals surface area contributed by atoms with Crippen LogP contribution in [0, 0.1) is 0 Å². The highest BCUT2D eigenvalue weighted by molar-refractivity contribution is 5.94. The molecule has 0 spiro atoms. The standard InChI is InChI=1S/C14H21N3O2/c1-2-3-12-8-11(4-6-16-12)13(18)17-10-14(19)5-7-15-9-14/h4,6,8,15,19H,2-3,5,7,9-10H2,1H3,(H,17,18)/t14-/m1/s1. The second kappa shape index (κ2) is 6.12. The molecule has 1 saturated heterocycles. The summed E-state index contributed by atoms with van der Waals surface area (Å²) in [4.78, 5) is 16.3. The molecule has 0 aromatic carbocycles. The summed E-state index contributed by atoms with van der Waals surface area (Å²) in [6, 6.07) is 3.52. The Kier molecular flexibility index (Phi) is 4.50. The lowest BCUT2D eigenvalue weighted by Crippen LogP contribution is -2.44. The summed E-state index contributed by atoms with van der Waals surface area (Å²) in [7, 11) is 0. The molecule has 1 fully saturated rings. The van der Waals surface area contributed by atoms with Crippen LogP contribution in [0.4, 0.5) is 0 Å². The van der Waals surface area contributed by atoms with Crippen molar-refractivity contribution in [3.05, 3.63) is 29.6 Å². The fourth-order valence-corrected chi connectivity index (χ4v) is 2.24. The molecule has 1 aliphatic rings. The van der Waals surface area contributed by atoms with E-state index in [1.807, 2.05) is 6.07 Å². The van der Waals surface area contributed by atoms with Crippen molar-refractivity contribution in [3.8, 4) is 0 Å². The molecule has 5 nitrogen and oxygen atoms in total. The largest absolute Gasteiger partial charge is 0.387 e. The number of hydrogen-bond acceptors (Lipinski definition) is 4. The lowest BCUT2D eigenvalue weighted by Gasteiger charge is -2.21. The minimum absolute atomic E-state index is 0.153. The summed E-state index contributed by atoms with van der Waals surface area (Å²) in [5.74, 6) is -0.153. The highest BCUT2D eigenvalue weighted by Gasteiger charge is 2.31. The van der Waals surface area contributed by atoms with Gasteiger partial charge in [0.1, 0.15) is 0 Å². The molecule has 0 aliphatic carbocycles. The van der Waals surface area contributed by atoms with Crippen LogP contribution >= 0.6 is 0 Å². The minimum Gasteiger partial charge on any atom is -0.387 e. The first kappa shape index (κ1) is 14.0. The lowest BCUT2D eigenvalue weighted by molar-refractivity contribution is 0.0562. The number of nitrogens with one attached hydrogen (secondary N) is 2. The zero-order valence-electron chi connectivity index (χ0n) is 11.3. The molecular formula is C14H21N3O2. The molecule has 1 amide bonds. The van der Waals surface area contributed by atoms with Gasteiger partial charge in [-0.05, 0) is 31.5 Å². The molecule has 3 N–H and O–H groups in total. The fourth-order valence-electron chi connectivity index (χ4n) is 2.24. The Morgan fingerprint density at radius 2 is 2.47 bits per heavy atom. The number of amides is 1. The van der Waals surface area contributed by atoms with Gasteiger partial charge in [-0.15, -0.1) is 0 Å². The van der Waals surface area contributed by atoms with Crippen molar-refractivity contribution in [3.63, 3.8) is 0 Å². The van der Waals surface area contributed by atoms with E-state index in [2.05, 4.69) is 22.5 Å². The molecule has 0 saturated carbocycles. The van der Waals surface area contributed by atoms with Crippen LogP contribution in [-0.2, 0) is 6.42 Å². The van der Waals surface area contributed by atoms with Gasteiger partial charge in [0.25, 0.3) is 5.91 Å². The number of carbonyl (C=O) groups excluding carboxylic acids is 1. The SMILES string of the molecule is CCCc1cc(C(=O)NC[C@@]2(O)CCNC2)ccn1. The number of carbonyl (C=O) groups is 1. The summed E-state index contributed by atoms with van der Waals surface area (Å²) in [6.45, 7) is 3.69. The third-order valence-electron chi connectivity index (χ3n) is 3.38. The molecule has 2 rings (SSSR count). The van der Waals surface area contributed by atoms with E-state index in [0.717, 1.165) is 25.1 Å². The predicted molar refractivity (Wildman–Crippen MR) is 73.0 cm³/mol. The monoisotopic (exact) mass is 263 g/mol. The van der Waals surface area contributed by atoms with Crippen molar-refractivity contribution in [2.45, 2.75) is 31.8 Å². The Labute approximate surface area is 113 Å². The third-order valence-corrected chi connectivity index (χ3v) is 3.38. The van der Waals surface area contributed by atoms with Gasteiger partial charge in [0, 0.05) is 30.5 Å². The Morgan fingerprint density at radius 1 is 1.63 bits per heavy atom. The Morgan fingerprint density at radius 3 is 3.16 bits per heavy atom. The normalized spacial score (nSPS) is 22.4. The molecule has 0 bridgehead atoms. The average molecular weight is 263 g/mol. The smallest absolute Gasteiger partial charge is 0.251 e. The van der Waals surface area contributed by atoms with Gasteiger partial charge in [-0.1, -0.05) is 13.3 Å². The molecule has 1 atom stereocenters. The van der Waals surface area contributed by atoms with Crippen molar-refractivity contribution in [2.24, 2.45) is 0 Å². The minimum atomic E-state index is -0.811. The van der Waals surface area contributed by atoms with E-state index >= 15 is 0 Å². The van der Waals surface area contributed by atoms with E-state index in [1.165, 1.54) is 0 Å². The topological polar surface area (TPSA) is 74.2 Å². The van der Waals surface area contributed by atoms with Crippen LogP contribution < -0.4 is 10.6 Å². The number of aliphatic hydroxyl groups is 1. The van der Waals surface area contributed by atoms with Gasteiger partial charge in [-0.2, -0.15) is 0 Å². The molecule has 0 radical (unpaired) electrons. The van der Waals surface area contributed by atoms with Crippen molar-refractivity contribution in [1.29, 1.82) is 0 Å². The van der Waals surface area contributed by atoms with Gasteiger partial charge in [0.05, 0.1) is 5.60 Å². The summed E-state index contributed by atoms with van der Waals surface area (Å²) < 4.78 is 0. The van der Waals surface area contributed by atoms with Crippen LogP contribution in [-0.4, -0.2) is 41.2 Å². The molecule has 104 valence electrons. The first-order valence-corrected chi connectivity index (χ1v) is 6.79. The van der Waals surface area contributed by atoms with E-state index in [4.69, 9.17) is 0 Å². The molecule has 19 heavy (non-hydrogen) atoms. The second-order valence-electron chi connectivity index (χ2n) is 5.12. The molecular weight excluding hydrogens is 242 g/mol. The summed E-state index contributed by atoms with van der Waals surface area (Å²) in [5, 5.41) is 16.0. The van der Waals surface area contributed by atoms with E-state index in [-0.39, 0.29) is 12.5 Å². The molecule has 2 heterocycles. The Hall–Kier alpha value is -1.46. The zero-order chi connectivity index (χ0) is 13.7. The summed E-state index contributed by atoms with van der Waals surface area (Å²) in [6.07, 6.45) is 4.20. The predicted octanol–water partition coefficient (Wildman–Crippen LogP) is 0.488. The third kappa shape index (κ3) is 3.75. The quantitative estimate of drug-likeness (QED) is 0.723. The molecule has 5 heteroatoms. The van der Waals surface area contributed by atoms with E-state index < -0.39 is 5.60 Å². The first-order chi connectivity index (χ1) is 9.13. The van der Waals surface area contributed by atoms with Crippen molar-refractivity contribution >= 4 is 5.91 Å². The zero-order valence-corrected chi connectivity index (χ0v) is 11.3. The Balaban J connectivity index is 1.93. The molecule has 1 aliphatic heterocycles. The maximum absolute atomic E-state index is 12.0. The molecule has 0 unspecified atom stereocenters. The van der Waals surface area contributed by atoms with Crippen molar-refractivity contribution in [2.75, 3.05) is 19.6 Å². The maximum atomic E-state index is 12.0. The van der Waals surface area contributed by atoms with Crippen LogP contribution in [0.25, 0.3) is 0 Å². The van der Waals surface area contributed by atoms with E-state index in [9.17, 15) is 9.90 Å². The van der Waals surface area contributed by atoms with Crippen LogP contribution in [0.15, 0.2) is 18.3 Å². The summed E-state index contributed by atoms with van der Waals surface area (Å²) >= 11 is 0. The molecule has 1 aromatic rings. The number of rotatable bonds is 5. The fraction of sp³-hybridized carbons (Fsp3) is 0.571. The van der Waals surface area contributed by atoms with Crippen LogP contribution in [0.1, 0.15) is 35.8 Å². The van der Waals surface area contributed by atoms with Gasteiger partial charge in [0.15, 0.2) is 0 Å². The average Bonchev–Trinajstić information content (AvgIpc) is 2.84. The number of pyridine rings is 1. The first-order valence-electron chi connectivity index (χ1n) is 6.79. The van der Waals surface area contributed by atoms with Gasteiger partial charge in [-0.25, -0.2) is 0 Å². The number of aryl methyl sites for hydroxylation is 1. The number of hydrogen-bond donors (Lipinski definition) is 3. The van der Waals surface area contributed by atoms with Gasteiger partial charge in [-0.3, -0.25) is 9.78 Å². The van der Waals surface area contributed by atoms with Crippen LogP contribution in [0.5, 0.6) is 0 Å². The van der Waals surface area contributed by atoms with Crippen molar-refractivity contribution in [1.82, 2.24) is 15.6 Å². The lowest BCUT2D eigenvalue weighted by atomic mass is 10.0. The van der Waals surface area contributed by atoms with E-state index in [0.29, 0.717) is 18.5 Å². The van der Waals surface area contributed by atoms with Crippen LogP contribution in [0.3, 0.4) is 0 Å². The van der Waals surface area contributed by atoms with Gasteiger partial charge < -0.3 is 15.7 Å². The number of aromatic nitrogens is 1. The highest BCUT2D eigenvalue weighted by atomic mass is 16.3. The maximum Gasteiger partial charge on any atom is 0.251 e. The van der Waals surface area contributed by atoms with Gasteiger partial charge >= 0.3 is 0 Å².